The summed E-state index contributed by atoms with van der Waals surface area (Å²) in [6.45, 7) is 0. The van der Waals surface area contributed by atoms with E-state index in [-0.39, 0.29) is 52.6 Å². The molecule has 1 saturated carbocycles. The van der Waals surface area contributed by atoms with Crippen molar-refractivity contribution in [1.29, 1.82) is 0 Å². The summed E-state index contributed by atoms with van der Waals surface area (Å²) in [6.07, 6.45) is 7.46. The van der Waals surface area contributed by atoms with Crippen LogP contribution in [-0.4, -0.2) is 29.8 Å². The Kier molecular flexibility index (Phi) is 11.3. The number of methoxy groups -OCH3 is 1. The fraction of sp³-hybridized carbons (Fsp3) is 0.265. The SMILES string of the molecule is COC(=O)c1ccccc1CC[C@@H](SCC1(CC(=O)[O-])CC1)c1cccc(/C=C/c2ccc3ccc(Cl)cc3n2)c1.[Na+]. The number of ether oxygens (including phenoxy) is 1. The van der Waals surface area contributed by atoms with Crippen LogP contribution in [-0.2, 0) is 16.0 Å². The molecule has 0 bridgehead atoms. The van der Waals surface area contributed by atoms with Gasteiger partial charge < -0.3 is 14.6 Å². The molecule has 3 aromatic carbocycles. The summed E-state index contributed by atoms with van der Waals surface area (Å²) in [5.41, 5.74) is 5.25. The molecule has 0 unspecified atom stereocenters. The fourth-order valence-corrected chi connectivity index (χ4v) is 6.79. The summed E-state index contributed by atoms with van der Waals surface area (Å²) in [6, 6.07) is 25.6. The molecule has 8 heteroatoms. The topological polar surface area (TPSA) is 79.3 Å². The van der Waals surface area contributed by atoms with E-state index in [4.69, 9.17) is 21.3 Å². The number of esters is 1. The number of halogens is 1. The second-order valence-corrected chi connectivity index (χ2v) is 12.2. The molecule has 0 radical (unpaired) electrons. The quantitative estimate of drug-likeness (QED) is 0.178. The van der Waals surface area contributed by atoms with Crippen molar-refractivity contribution in [3.63, 3.8) is 0 Å². The van der Waals surface area contributed by atoms with E-state index in [1.54, 1.807) is 17.8 Å². The average Bonchev–Trinajstić information content (AvgIpc) is 3.74. The number of carbonyl (C=O) groups is 2. The number of pyridine rings is 1. The number of fused-ring (bicyclic) bond motifs is 1. The molecule has 210 valence electrons. The van der Waals surface area contributed by atoms with E-state index < -0.39 is 5.97 Å². The van der Waals surface area contributed by atoms with Crippen molar-refractivity contribution in [2.75, 3.05) is 12.9 Å². The van der Waals surface area contributed by atoms with Gasteiger partial charge in [0.05, 0.1) is 23.9 Å². The summed E-state index contributed by atoms with van der Waals surface area (Å²) in [5.74, 6) is -0.566. The Morgan fingerprint density at radius 1 is 1.05 bits per heavy atom. The van der Waals surface area contributed by atoms with Crippen molar-refractivity contribution in [1.82, 2.24) is 4.98 Å². The molecule has 1 heterocycles. The van der Waals surface area contributed by atoms with E-state index in [1.807, 2.05) is 60.7 Å². The minimum atomic E-state index is -0.983. The molecular formula is C34H31ClNNaO4S. The van der Waals surface area contributed by atoms with Crippen molar-refractivity contribution < 1.29 is 49.0 Å². The number of aliphatic carboxylic acids is 1. The molecule has 4 aromatic rings. The van der Waals surface area contributed by atoms with Crippen LogP contribution in [0.3, 0.4) is 0 Å². The molecule has 0 aliphatic heterocycles. The summed E-state index contributed by atoms with van der Waals surface area (Å²) < 4.78 is 4.99. The minimum Gasteiger partial charge on any atom is -0.550 e. The molecule has 1 fully saturated rings. The molecule has 0 N–H and O–H groups in total. The fourth-order valence-electron chi connectivity index (χ4n) is 5.06. The van der Waals surface area contributed by atoms with Crippen LogP contribution in [0, 0.1) is 5.41 Å². The van der Waals surface area contributed by atoms with Gasteiger partial charge in [0.1, 0.15) is 0 Å². The number of hydrogen-bond donors (Lipinski definition) is 0. The number of aromatic nitrogens is 1. The first kappa shape index (κ1) is 32.3. The maximum Gasteiger partial charge on any atom is 1.00 e. The third kappa shape index (κ3) is 8.48. The monoisotopic (exact) mass is 607 g/mol. The molecule has 1 aromatic heterocycles. The standard InChI is InChI=1S/C34H32ClNO4S.Na/c1-40-33(39)29-8-3-2-6-24(29)12-16-31(41-22-34(17-18-34)21-32(37)38)26-7-4-5-23(19-26)9-14-28-15-11-25-10-13-27(35)20-30(25)36-28;/h2-11,13-15,19-20,31H,12,16-18,21-22H2,1H3,(H,37,38);/q;+1/p-1/b14-9+;/t31-;/m1./s1. The molecule has 5 rings (SSSR count). The van der Waals surface area contributed by atoms with Gasteiger partial charge in [-0.25, -0.2) is 9.78 Å². The average molecular weight is 608 g/mol. The van der Waals surface area contributed by atoms with E-state index in [2.05, 4.69) is 24.3 Å². The zero-order chi connectivity index (χ0) is 28.8. The Morgan fingerprint density at radius 2 is 1.83 bits per heavy atom. The van der Waals surface area contributed by atoms with Gasteiger partial charge in [0, 0.05) is 21.6 Å². The van der Waals surface area contributed by atoms with Crippen molar-refractivity contribution in [2.45, 2.75) is 37.4 Å². The first-order chi connectivity index (χ1) is 19.8. The van der Waals surface area contributed by atoms with Gasteiger partial charge in [-0.05, 0) is 90.3 Å². The summed E-state index contributed by atoms with van der Waals surface area (Å²) in [4.78, 5) is 28.4. The number of carbonyl (C=O) groups excluding carboxylic acids is 2. The van der Waals surface area contributed by atoms with Gasteiger partial charge in [-0.15, -0.1) is 0 Å². The Balaban J connectivity index is 0.00000405. The largest absolute Gasteiger partial charge is 1.00 e. The van der Waals surface area contributed by atoms with Crippen LogP contribution in [0.15, 0.2) is 78.9 Å². The molecule has 42 heavy (non-hydrogen) atoms. The van der Waals surface area contributed by atoms with Crippen LogP contribution in [0.5, 0.6) is 0 Å². The number of benzene rings is 3. The minimum absolute atomic E-state index is 0. The third-order valence-electron chi connectivity index (χ3n) is 7.57. The predicted octanol–water partition coefficient (Wildman–Crippen LogP) is 4.18. The Labute approximate surface area is 278 Å². The molecule has 0 saturated heterocycles. The van der Waals surface area contributed by atoms with E-state index in [1.165, 1.54) is 7.11 Å². The number of thioether (sulfide) groups is 1. The van der Waals surface area contributed by atoms with Crippen LogP contribution in [0.4, 0.5) is 0 Å². The van der Waals surface area contributed by atoms with Crippen LogP contribution in [0.2, 0.25) is 5.02 Å². The summed E-state index contributed by atoms with van der Waals surface area (Å²) in [5, 5.41) is 13.2. The van der Waals surface area contributed by atoms with Crippen molar-refractivity contribution in [2.24, 2.45) is 5.41 Å². The molecular weight excluding hydrogens is 577 g/mol. The van der Waals surface area contributed by atoms with Crippen molar-refractivity contribution >= 4 is 58.4 Å². The van der Waals surface area contributed by atoms with Crippen LogP contribution in [0.25, 0.3) is 23.1 Å². The van der Waals surface area contributed by atoms with Crippen molar-refractivity contribution in [3.05, 3.63) is 112 Å². The number of aryl methyl sites for hydroxylation is 1. The maximum absolute atomic E-state index is 12.3. The number of hydrogen-bond acceptors (Lipinski definition) is 6. The van der Waals surface area contributed by atoms with E-state index in [0.717, 1.165) is 58.3 Å². The zero-order valence-corrected chi connectivity index (χ0v) is 27.4. The van der Waals surface area contributed by atoms with Gasteiger partial charge >= 0.3 is 35.5 Å². The molecule has 1 aliphatic carbocycles. The van der Waals surface area contributed by atoms with Gasteiger partial charge in [0.25, 0.3) is 0 Å². The van der Waals surface area contributed by atoms with Gasteiger partial charge in [0.15, 0.2) is 0 Å². The van der Waals surface area contributed by atoms with Gasteiger partial charge in [-0.1, -0.05) is 72.3 Å². The summed E-state index contributed by atoms with van der Waals surface area (Å²) >= 11 is 7.95. The number of rotatable bonds is 12. The molecule has 0 spiro atoms. The number of carboxylic acids is 1. The van der Waals surface area contributed by atoms with Crippen LogP contribution >= 0.6 is 23.4 Å². The normalized spacial score (nSPS) is 14.3. The first-order valence-corrected chi connectivity index (χ1v) is 15.1. The van der Waals surface area contributed by atoms with Gasteiger partial charge in [0.2, 0.25) is 0 Å². The Morgan fingerprint density at radius 3 is 2.60 bits per heavy atom. The first-order valence-electron chi connectivity index (χ1n) is 13.7. The van der Waals surface area contributed by atoms with E-state index in [9.17, 15) is 14.7 Å². The van der Waals surface area contributed by atoms with E-state index in [0.29, 0.717) is 17.0 Å². The van der Waals surface area contributed by atoms with Crippen LogP contribution < -0.4 is 34.7 Å². The Bertz CT molecular complexity index is 1600. The smallest absolute Gasteiger partial charge is 0.550 e. The Hall–Kier alpha value is -2.61. The molecule has 0 amide bonds. The number of carboxylic acid groups (broad SMARTS) is 1. The maximum atomic E-state index is 12.3. The van der Waals surface area contributed by atoms with E-state index >= 15 is 0 Å². The third-order valence-corrected chi connectivity index (χ3v) is 9.49. The molecule has 1 atom stereocenters. The number of nitrogens with zero attached hydrogens (tertiary/aromatic N) is 1. The summed E-state index contributed by atoms with van der Waals surface area (Å²) in [7, 11) is 1.39. The van der Waals surface area contributed by atoms with Crippen molar-refractivity contribution in [3.8, 4) is 0 Å². The van der Waals surface area contributed by atoms with Crippen LogP contribution in [0.1, 0.15) is 63.7 Å². The second-order valence-electron chi connectivity index (χ2n) is 10.6. The zero-order valence-electron chi connectivity index (χ0n) is 23.8. The van der Waals surface area contributed by atoms with Gasteiger partial charge in [-0.2, -0.15) is 11.8 Å². The predicted molar refractivity (Wildman–Crippen MR) is 165 cm³/mol. The second kappa shape index (κ2) is 14.7. The molecule has 5 nitrogen and oxygen atoms in total. The van der Waals surface area contributed by atoms with Gasteiger partial charge in [-0.3, -0.25) is 0 Å². The molecule has 1 aliphatic rings.